The Kier molecular flexibility index (Phi) is 8.59. The van der Waals surface area contributed by atoms with Crippen LogP contribution < -0.4 is 10.2 Å². The zero-order chi connectivity index (χ0) is 31.6. The van der Waals surface area contributed by atoms with Crippen molar-refractivity contribution in [2.45, 2.75) is 18.7 Å². The molecule has 0 bridgehead atoms. The second-order valence-electron chi connectivity index (χ2n) is 10.6. The van der Waals surface area contributed by atoms with Gasteiger partial charge in [0.15, 0.2) is 0 Å². The zero-order valence-corrected chi connectivity index (χ0v) is 26.8. The Hall–Kier alpha value is -4.69. The summed E-state index contributed by atoms with van der Waals surface area (Å²) < 4.78 is 32.2. The first-order valence-electron chi connectivity index (χ1n) is 14.1. The van der Waals surface area contributed by atoms with Crippen LogP contribution in [0.5, 0.6) is 0 Å². The van der Waals surface area contributed by atoms with E-state index >= 15 is 0 Å². The van der Waals surface area contributed by atoms with Crippen molar-refractivity contribution >= 4 is 67.1 Å². The van der Waals surface area contributed by atoms with Crippen LogP contribution >= 0.6 is 23.2 Å². The molecule has 9 heteroatoms. The van der Waals surface area contributed by atoms with E-state index in [1.807, 2.05) is 68.4 Å². The van der Waals surface area contributed by atoms with Crippen molar-refractivity contribution in [3.63, 3.8) is 0 Å². The number of halogens is 2. The van der Waals surface area contributed by atoms with Crippen LogP contribution in [0.3, 0.4) is 0 Å². The normalized spacial score (nSPS) is 11.9. The first-order chi connectivity index (χ1) is 21.7. The number of aromatic nitrogens is 1. The van der Waals surface area contributed by atoms with Gasteiger partial charge in [-0.3, -0.25) is 4.90 Å². The monoisotopic (exact) mass is 650 g/mol. The topological polar surface area (TPSA) is 74.7 Å². The van der Waals surface area contributed by atoms with Crippen molar-refractivity contribution in [2.75, 3.05) is 10.2 Å². The molecule has 0 fully saturated rings. The SMILES string of the molecule is Cc1ccc(S(=O)(=O)/N=C(\Nc2ccc(Cl)cc2)N(c2ccc(Cl)cc2)c2nc(-c3ccccc3)cc3ccc(C)cc23)cc1. The molecule has 6 rings (SSSR count). The van der Waals surface area contributed by atoms with Crippen LogP contribution in [0.2, 0.25) is 10.0 Å². The van der Waals surface area contributed by atoms with E-state index in [9.17, 15) is 8.42 Å². The molecule has 1 heterocycles. The molecule has 0 spiro atoms. The summed E-state index contributed by atoms with van der Waals surface area (Å²) in [7, 11) is -4.19. The molecule has 0 amide bonds. The summed E-state index contributed by atoms with van der Waals surface area (Å²) in [6, 6.07) is 38.6. The van der Waals surface area contributed by atoms with Crippen molar-refractivity contribution in [1.29, 1.82) is 0 Å². The molecule has 1 N–H and O–H groups in total. The zero-order valence-electron chi connectivity index (χ0n) is 24.4. The Morgan fingerprint density at radius 1 is 0.733 bits per heavy atom. The molecule has 0 saturated carbocycles. The maximum Gasteiger partial charge on any atom is 0.285 e. The minimum Gasteiger partial charge on any atom is -0.325 e. The number of nitrogens with zero attached hydrogens (tertiary/aromatic N) is 3. The smallest absolute Gasteiger partial charge is 0.285 e. The van der Waals surface area contributed by atoms with Gasteiger partial charge in [0.05, 0.1) is 16.3 Å². The number of hydrogen-bond donors (Lipinski definition) is 1. The number of aryl methyl sites for hydroxylation is 2. The number of benzene rings is 5. The molecule has 6 aromatic rings. The summed E-state index contributed by atoms with van der Waals surface area (Å²) in [6.07, 6.45) is 0. The highest BCUT2D eigenvalue weighted by atomic mass is 35.5. The summed E-state index contributed by atoms with van der Waals surface area (Å²) in [5, 5.41) is 6.06. The van der Waals surface area contributed by atoms with E-state index in [0.717, 1.165) is 27.5 Å². The highest BCUT2D eigenvalue weighted by Gasteiger charge is 2.25. The summed E-state index contributed by atoms with van der Waals surface area (Å²) in [5.41, 5.74) is 4.76. The van der Waals surface area contributed by atoms with Crippen LogP contribution in [0, 0.1) is 13.8 Å². The first-order valence-corrected chi connectivity index (χ1v) is 16.3. The van der Waals surface area contributed by atoms with Gasteiger partial charge in [-0.15, -0.1) is 4.40 Å². The van der Waals surface area contributed by atoms with Crippen molar-refractivity contribution in [2.24, 2.45) is 4.40 Å². The van der Waals surface area contributed by atoms with Gasteiger partial charge in [-0.1, -0.05) is 88.9 Å². The van der Waals surface area contributed by atoms with E-state index in [2.05, 4.69) is 9.71 Å². The van der Waals surface area contributed by atoms with Gasteiger partial charge in [0.1, 0.15) is 5.82 Å². The second kappa shape index (κ2) is 12.7. The molecule has 5 aromatic carbocycles. The number of guanidine groups is 1. The number of rotatable bonds is 6. The van der Waals surface area contributed by atoms with E-state index in [1.165, 1.54) is 0 Å². The highest BCUT2D eigenvalue weighted by Crippen LogP contribution is 2.36. The Balaban J connectivity index is 1.66. The number of anilines is 3. The molecule has 0 atom stereocenters. The molecule has 0 aliphatic heterocycles. The van der Waals surface area contributed by atoms with E-state index in [4.69, 9.17) is 28.2 Å². The fraction of sp³-hybridized carbons (Fsp3) is 0.0556. The molecule has 0 unspecified atom stereocenters. The maximum atomic E-state index is 13.9. The van der Waals surface area contributed by atoms with E-state index in [1.54, 1.807) is 77.7 Å². The standard InChI is InChI=1S/C36H28Cl2N4O2S/c1-24-9-20-32(21-10-24)45(43,44)41-36(39-30-16-12-28(37)13-17-30)42(31-18-14-29(38)15-19-31)35-33-22-25(2)8-11-27(33)23-34(40-35)26-6-4-3-5-7-26/h3-23H,1-2H3,(H,39,41). The Morgan fingerprint density at radius 2 is 1.36 bits per heavy atom. The van der Waals surface area contributed by atoms with Crippen LogP contribution in [0.25, 0.3) is 22.0 Å². The number of hydrogen-bond acceptors (Lipinski definition) is 3. The van der Waals surface area contributed by atoms with Gasteiger partial charge in [0.2, 0.25) is 5.96 Å². The maximum absolute atomic E-state index is 13.9. The van der Waals surface area contributed by atoms with Gasteiger partial charge >= 0.3 is 0 Å². The van der Waals surface area contributed by atoms with Crippen molar-refractivity contribution < 1.29 is 8.42 Å². The molecule has 6 nitrogen and oxygen atoms in total. The van der Waals surface area contributed by atoms with E-state index in [0.29, 0.717) is 32.9 Å². The average Bonchev–Trinajstić information content (AvgIpc) is 3.03. The Bertz CT molecular complexity index is 2120. The Labute approximate surface area is 272 Å². The fourth-order valence-electron chi connectivity index (χ4n) is 4.86. The first kappa shape index (κ1) is 30.3. The molecule has 0 aliphatic carbocycles. The number of pyridine rings is 1. The average molecular weight is 652 g/mol. The summed E-state index contributed by atoms with van der Waals surface area (Å²) >= 11 is 12.5. The van der Waals surface area contributed by atoms with Crippen molar-refractivity contribution in [3.8, 4) is 11.3 Å². The number of fused-ring (bicyclic) bond motifs is 1. The van der Waals surface area contributed by atoms with Crippen LogP contribution in [0.15, 0.2) is 137 Å². The van der Waals surface area contributed by atoms with Crippen molar-refractivity contribution in [1.82, 2.24) is 4.98 Å². The summed E-state index contributed by atoms with van der Waals surface area (Å²) in [4.78, 5) is 6.93. The summed E-state index contributed by atoms with van der Waals surface area (Å²) in [6.45, 7) is 3.90. The fourth-order valence-corrected chi connectivity index (χ4v) is 6.06. The third kappa shape index (κ3) is 6.86. The lowest BCUT2D eigenvalue weighted by Crippen LogP contribution is -2.34. The molecule has 0 radical (unpaired) electrons. The molecule has 224 valence electrons. The van der Waals surface area contributed by atoms with Gasteiger partial charge in [0.25, 0.3) is 10.0 Å². The predicted molar refractivity (Wildman–Crippen MR) is 186 cm³/mol. The molecule has 0 aliphatic rings. The minimum atomic E-state index is -4.19. The molecular weight excluding hydrogens is 623 g/mol. The Morgan fingerprint density at radius 3 is 2.02 bits per heavy atom. The van der Waals surface area contributed by atoms with Gasteiger partial charge in [0, 0.05) is 26.7 Å². The lowest BCUT2D eigenvalue weighted by atomic mass is 10.0. The molecule has 0 saturated heterocycles. The third-order valence-electron chi connectivity index (χ3n) is 7.17. The predicted octanol–water partition coefficient (Wildman–Crippen LogP) is 9.82. The lowest BCUT2D eigenvalue weighted by Gasteiger charge is -2.28. The lowest BCUT2D eigenvalue weighted by molar-refractivity contribution is 0.598. The largest absolute Gasteiger partial charge is 0.325 e. The summed E-state index contributed by atoms with van der Waals surface area (Å²) in [5.74, 6) is 0.498. The molecule has 1 aromatic heterocycles. The van der Waals surface area contributed by atoms with Gasteiger partial charge < -0.3 is 5.32 Å². The van der Waals surface area contributed by atoms with Crippen molar-refractivity contribution in [3.05, 3.63) is 149 Å². The van der Waals surface area contributed by atoms with Crippen LogP contribution in [0.1, 0.15) is 11.1 Å². The number of sulfonamides is 1. The van der Waals surface area contributed by atoms with Crippen LogP contribution in [-0.2, 0) is 10.0 Å². The van der Waals surface area contributed by atoms with E-state index < -0.39 is 10.0 Å². The van der Waals surface area contributed by atoms with Crippen LogP contribution in [0.4, 0.5) is 17.2 Å². The quantitative estimate of drug-likeness (QED) is 0.143. The second-order valence-corrected chi connectivity index (χ2v) is 13.0. The minimum absolute atomic E-state index is 0.0146. The molecular formula is C36H28Cl2N4O2S. The third-order valence-corrected chi connectivity index (χ3v) is 8.96. The van der Waals surface area contributed by atoms with Gasteiger partial charge in [-0.2, -0.15) is 8.42 Å². The molecule has 45 heavy (non-hydrogen) atoms. The van der Waals surface area contributed by atoms with Crippen LogP contribution in [-0.4, -0.2) is 19.4 Å². The van der Waals surface area contributed by atoms with E-state index in [-0.39, 0.29) is 10.9 Å². The van der Waals surface area contributed by atoms with Gasteiger partial charge in [-0.05, 0) is 92.0 Å². The number of nitrogens with one attached hydrogen (secondary N) is 1. The van der Waals surface area contributed by atoms with Gasteiger partial charge in [-0.25, -0.2) is 4.98 Å². The highest BCUT2D eigenvalue weighted by molar-refractivity contribution is 7.90.